The van der Waals surface area contributed by atoms with Gasteiger partial charge >= 0.3 is 0 Å². The molecule has 21 heavy (non-hydrogen) atoms. The Hall–Kier alpha value is -0.173. The summed E-state index contributed by atoms with van der Waals surface area (Å²) < 4.78 is 12.4. The van der Waals surface area contributed by atoms with Crippen molar-refractivity contribution in [3.63, 3.8) is 0 Å². The van der Waals surface area contributed by atoms with Gasteiger partial charge in [0.2, 0.25) is 11.2 Å². The third-order valence-electron chi connectivity index (χ3n) is 3.73. The Balaban J connectivity index is 2.25. The van der Waals surface area contributed by atoms with Crippen molar-refractivity contribution in [1.82, 2.24) is 9.97 Å². The summed E-state index contributed by atoms with van der Waals surface area (Å²) in [5.74, 6) is 0.486. The van der Waals surface area contributed by atoms with Gasteiger partial charge in [-0.3, -0.25) is 0 Å². The molecule has 1 rings (SSSR count). The fourth-order valence-corrected chi connectivity index (χ4v) is 2.87. The van der Waals surface area contributed by atoms with Crippen LogP contribution >= 0.6 is 27.5 Å². The largest absolute Gasteiger partial charge is 0.477 e. The maximum absolute atomic E-state index is 6.12. The first-order chi connectivity index (χ1) is 9.63. The smallest absolute Gasteiger partial charge is 0.232 e. The number of nitrogens with zero attached hydrogens (tertiary/aromatic N) is 2. The van der Waals surface area contributed by atoms with E-state index in [2.05, 4.69) is 59.8 Å². The van der Waals surface area contributed by atoms with Crippen LogP contribution in [0.2, 0.25) is 23.4 Å². The van der Waals surface area contributed by atoms with Crippen LogP contribution in [0.1, 0.15) is 33.6 Å². The second-order valence-electron chi connectivity index (χ2n) is 6.46. The molecular formula is C14H24BrClN2O2Si. The Morgan fingerprint density at radius 2 is 1.86 bits per heavy atom. The highest BCUT2D eigenvalue weighted by Gasteiger charge is 2.36. The van der Waals surface area contributed by atoms with Gasteiger partial charge in [-0.05, 0) is 58.5 Å². The summed E-state index contributed by atoms with van der Waals surface area (Å²) in [7, 11) is -1.63. The number of rotatable bonds is 7. The van der Waals surface area contributed by atoms with Crippen molar-refractivity contribution in [2.75, 3.05) is 13.2 Å². The van der Waals surface area contributed by atoms with E-state index in [9.17, 15) is 0 Å². The molecular weight excluding hydrogens is 372 g/mol. The van der Waals surface area contributed by atoms with Crippen LogP contribution in [0, 0.1) is 0 Å². The monoisotopic (exact) mass is 394 g/mol. The van der Waals surface area contributed by atoms with Crippen molar-refractivity contribution in [3.8, 4) is 5.88 Å². The first-order valence-electron chi connectivity index (χ1n) is 7.08. The van der Waals surface area contributed by atoms with Crippen LogP contribution in [0.25, 0.3) is 0 Å². The van der Waals surface area contributed by atoms with Crippen LogP contribution in [0.4, 0.5) is 0 Å². The van der Waals surface area contributed by atoms with Gasteiger partial charge in [0.25, 0.3) is 0 Å². The van der Waals surface area contributed by atoms with Crippen molar-refractivity contribution < 1.29 is 9.16 Å². The standard InChI is InChI=1S/C14H24BrClN2O2Si/c1-14(2,3)21(4,5)20-9-7-6-8-19-12-11(15)10-17-13(16)18-12/h10H,6-9H2,1-5H3. The number of unbranched alkanes of at least 4 members (excludes halogenated alkanes) is 1. The van der Waals surface area contributed by atoms with Crippen molar-refractivity contribution >= 4 is 35.8 Å². The lowest BCUT2D eigenvalue weighted by Crippen LogP contribution is -2.41. The lowest BCUT2D eigenvalue weighted by molar-refractivity contribution is 0.247. The van der Waals surface area contributed by atoms with Gasteiger partial charge in [-0.2, -0.15) is 4.98 Å². The van der Waals surface area contributed by atoms with Gasteiger partial charge < -0.3 is 9.16 Å². The van der Waals surface area contributed by atoms with Crippen LogP contribution in [-0.2, 0) is 4.43 Å². The van der Waals surface area contributed by atoms with Crippen molar-refractivity contribution in [3.05, 3.63) is 16.0 Å². The van der Waals surface area contributed by atoms with Crippen molar-refractivity contribution in [2.45, 2.75) is 51.7 Å². The van der Waals surface area contributed by atoms with Crippen LogP contribution in [-0.4, -0.2) is 31.5 Å². The molecule has 1 aromatic heterocycles. The molecule has 120 valence electrons. The van der Waals surface area contributed by atoms with Gasteiger partial charge in [0, 0.05) is 12.8 Å². The van der Waals surface area contributed by atoms with Gasteiger partial charge in [0.1, 0.15) is 0 Å². The minimum absolute atomic E-state index is 0.189. The Morgan fingerprint density at radius 3 is 2.48 bits per heavy atom. The Kier molecular flexibility index (Phi) is 7.10. The number of ether oxygens (including phenoxy) is 1. The van der Waals surface area contributed by atoms with Gasteiger partial charge in [-0.1, -0.05) is 20.8 Å². The van der Waals surface area contributed by atoms with Crippen molar-refractivity contribution in [2.24, 2.45) is 0 Å². The summed E-state index contributed by atoms with van der Waals surface area (Å²) in [5.41, 5.74) is 0. The highest BCUT2D eigenvalue weighted by molar-refractivity contribution is 9.10. The van der Waals surface area contributed by atoms with Gasteiger partial charge in [0.05, 0.1) is 11.1 Å². The van der Waals surface area contributed by atoms with Crippen LogP contribution in [0.15, 0.2) is 10.7 Å². The Bertz CT molecular complexity index is 467. The second kappa shape index (κ2) is 7.90. The number of halogens is 2. The molecule has 4 nitrogen and oxygen atoms in total. The highest BCUT2D eigenvalue weighted by atomic mass is 79.9. The van der Waals surface area contributed by atoms with E-state index < -0.39 is 8.32 Å². The summed E-state index contributed by atoms with van der Waals surface area (Å²) in [4.78, 5) is 7.88. The first-order valence-corrected chi connectivity index (χ1v) is 11.2. The Morgan fingerprint density at radius 1 is 1.24 bits per heavy atom. The molecule has 0 fully saturated rings. The van der Waals surface area contributed by atoms with Gasteiger partial charge in [-0.15, -0.1) is 0 Å². The molecule has 1 aromatic rings. The van der Waals surface area contributed by atoms with E-state index in [-0.39, 0.29) is 10.3 Å². The maximum atomic E-state index is 6.12. The molecule has 0 saturated heterocycles. The first kappa shape index (κ1) is 18.9. The van der Waals surface area contributed by atoms with E-state index >= 15 is 0 Å². The van der Waals surface area contributed by atoms with E-state index in [0.29, 0.717) is 17.0 Å². The highest BCUT2D eigenvalue weighted by Crippen LogP contribution is 2.36. The minimum Gasteiger partial charge on any atom is -0.477 e. The quantitative estimate of drug-likeness (QED) is 0.367. The number of aromatic nitrogens is 2. The predicted octanol–water partition coefficient (Wildman–Crippen LogP) is 5.07. The van der Waals surface area contributed by atoms with E-state index in [0.717, 1.165) is 19.4 Å². The second-order valence-corrected chi connectivity index (χ2v) is 12.5. The molecule has 0 radical (unpaired) electrons. The van der Waals surface area contributed by atoms with Crippen LogP contribution in [0.3, 0.4) is 0 Å². The zero-order valence-electron chi connectivity index (χ0n) is 13.4. The molecule has 0 aliphatic rings. The number of hydrogen-bond acceptors (Lipinski definition) is 4. The summed E-state index contributed by atoms with van der Waals surface area (Å²) in [6.45, 7) is 12.7. The SMILES string of the molecule is CC(C)(C)[Si](C)(C)OCCCCOc1nc(Cl)ncc1Br. The van der Waals surface area contributed by atoms with Crippen LogP contribution < -0.4 is 4.74 Å². The summed E-state index contributed by atoms with van der Waals surface area (Å²) >= 11 is 9.07. The number of hydrogen-bond donors (Lipinski definition) is 0. The normalized spacial score (nSPS) is 12.5. The molecule has 0 N–H and O–H groups in total. The van der Waals surface area contributed by atoms with Crippen molar-refractivity contribution in [1.29, 1.82) is 0 Å². The van der Waals surface area contributed by atoms with Gasteiger partial charge in [0.15, 0.2) is 8.32 Å². The third-order valence-corrected chi connectivity index (χ3v) is 8.99. The summed E-state index contributed by atoms with van der Waals surface area (Å²) in [6.07, 6.45) is 3.48. The topological polar surface area (TPSA) is 44.2 Å². The zero-order valence-corrected chi connectivity index (χ0v) is 16.7. The summed E-state index contributed by atoms with van der Waals surface area (Å²) in [6, 6.07) is 0. The average molecular weight is 396 g/mol. The molecule has 0 atom stereocenters. The lowest BCUT2D eigenvalue weighted by Gasteiger charge is -2.36. The molecule has 0 saturated carbocycles. The molecule has 0 unspecified atom stereocenters. The summed E-state index contributed by atoms with van der Waals surface area (Å²) in [5, 5.41) is 0.445. The van der Waals surface area contributed by atoms with E-state index in [4.69, 9.17) is 20.8 Å². The molecule has 0 aromatic carbocycles. The molecule has 0 aliphatic heterocycles. The Labute approximate surface area is 141 Å². The molecule has 0 bridgehead atoms. The van der Waals surface area contributed by atoms with E-state index in [1.165, 1.54) is 0 Å². The lowest BCUT2D eigenvalue weighted by atomic mass is 10.2. The molecule has 7 heteroatoms. The average Bonchev–Trinajstić information content (AvgIpc) is 2.36. The minimum atomic E-state index is -1.63. The molecule has 0 amide bonds. The molecule has 0 spiro atoms. The fraction of sp³-hybridized carbons (Fsp3) is 0.714. The predicted molar refractivity (Wildman–Crippen MR) is 92.6 cm³/mol. The van der Waals surface area contributed by atoms with Crippen LogP contribution in [0.5, 0.6) is 5.88 Å². The maximum Gasteiger partial charge on any atom is 0.232 e. The van der Waals surface area contributed by atoms with E-state index in [1.54, 1.807) is 6.20 Å². The zero-order chi connectivity index (χ0) is 16.1. The molecule has 0 aliphatic carbocycles. The fourth-order valence-electron chi connectivity index (χ4n) is 1.35. The molecule has 1 heterocycles. The van der Waals surface area contributed by atoms with E-state index in [1.807, 2.05) is 0 Å². The van der Waals surface area contributed by atoms with Gasteiger partial charge in [-0.25, -0.2) is 4.98 Å². The third kappa shape index (κ3) is 6.22.